The number of nitrogens with one attached hydrogen (secondary N) is 5. The van der Waals surface area contributed by atoms with Gasteiger partial charge in [0.1, 0.15) is 18.1 Å². The minimum atomic E-state index is -1.02. The van der Waals surface area contributed by atoms with Crippen molar-refractivity contribution in [1.29, 1.82) is 5.26 Å². The number of imidazole rings is 1. The van der Waals surface area contributed by atoms with Gasteiger partial charge in [0.2, 0.25) is 23.3 Å². The van der Waals surface area contributed by atoms with Gasteiger partial charge in [-0.1, -0.05) is 245 Å². The lowest BCUT2D eigenvalue weighted by atomic mass is 9.77. The summed E-state index contributed by atoms with van der Waals surface area (Å²) in [5.41, 5.74) is 37.6. The molecular weight excluding hydrogens is 1760 g/mol. The smallest absolute Gasteiger partial charge is 0.329 e. The van der Waals surface area contributed by atoms with Gasteiger partial charge in [0.05, 0.1) is 65.2 Å². The maximum Gasteiger partial charge on any atom is 0.329 e. The molecule has 1 saturated carbocycles. The van der Waals surface area contributed by atoms with Gasteiger partial charge in [-0.3, -0.25) is 24.9 Å². The number of nitrogens with two attached hydrogens (primary N) is 3. The maximum absolute atomic E-state index is 13.7. The van der Waals surface area contributed by atoms with Crippen molar-refractivity contribution >= 4 is 67.8 Å². The number of amides is 1. The third-order valence-corrected chi connectivity index (χ3v) is 23.4. The average Bonchev–Trinajstić information content (AvgIpc) is 1.31. The highest BCUT2D eigenvalue weighted by atomic mass is 35.5. The van der Waals surface area contributed by atoms with Crippen molar-refractivity contribution < 1.29 is 74.1 Å². The highest BCUT2D eigenvalue weighted by Gasteiger charge is 2.41. The molecule has 1 aliphatic carbocycles. The van der Waals surface area contributed by atoms with E-state index in [1.807, 2.05) is 188 Å². The number of carbonyl (C=O) groups is 4. The maximum atomic E-state index is 13.7. The van der Waals surface area contributed by atoms with Gasteiger partial charge in [0.25, 0.3) is 5.91 Å². The summed E-state index contributed by atoms with van der Waals surface area (Å²) in [6.45, 7) is 3.55. The molecule has 0 aliphatic heterocycles. The predicted molar refractivity (Wildman–Crippen MR) is 487 cm³/mol. The van der Waals surface area contributed by atoms with E-state index in [1.54, 1.807) is 48.5 Å². The number of hydrogen-bond donors (Lipinski definition) is 10. The molecule has 34 nitrogen and oxygen atoms in total. The number of aromatic nitrogens is 20. The van der Waals surface area contributed by atoms with E-state index in [0.29, 0.717) is 70.0 Å². The molecule has 1 aliphatic rings. The predicted octanol–water partition coefficient (Wildman–Crippen LogP) is 6.77. The van der Waals surface area contributed by atoms with Gasteiger partial charge in [-0.15, -0.1) is 56.9 Å². The first kappa shape index (κ1) is 95.8. The number of hydrogen-bond acceptors (Lipinski definition) is 26. The van der Waals surface area contributed by atoms with Gasteiger partial charge in [0.15, 0.2) is 22.4 Å². The molecule has 0 bridgehead atoms. The highest BCUT2D eigenvalue weighted by molar-refractivity contribution is 7.13. The van der Waals surface area contributed by atoms with E-state index in [1.165, 1.54) is 54.6 Å². The summed E-state index contributed by atoms with van der Waals surface area (Å²) >= 11 is 2.85. The normalized spacial score (nSPS) is 12.8. The number of thiazole rings is 2. The van der Waals surface area contributed by atoms with E-state index >= 15 is 0 Å². The van der Waals surface area contributed by atoms with E-state index in [9.17, 15) is 24.3 Å². The van der Waals surface area contributed by atoms with E-state index in [2.05, 4.69) is 146 Å². The molecule has 17 aromatic rings. The van der Waals surface area contributed by atoms with Crippen molar-refractivity contribution in [3.63, 3.8) is 0 Å². The number of furan rings is 1. The average molecular weight is 1850 g/mol. The number of ether oxygens (including phenoxy) is 1. The number of esters is 1. The Hall–Kier alpha value is -15.3. The quantitative estimate of drug-likeness (QED) is 0.0187. The number of aromatic amines is 4. The van der Waals surface area contributed by atoms with Gasteiger partial charge < -0.3 is 71.3 Å². The first-order valence-corrected chi connectivity index (χ1v) is 43.5. The summed E-state index contributed by atoms with van der Waals surface area (Å²) < 4.78 is 12.4. The van der Waals surface area contributed by atoms with Crippen molar-refractivity contribution in [3.8, 4) is 63.0 Å². The molecule has 18 rings (SSSR count). The molecule has 0 spiro atoms. The zero-order chi connectivity index (χ0) is 90.9. The summed E-state index contributed by atoms with van der Waals surface area (Å²) in [4.78, 5) is 60.9. The zero-order valence-corrected chi connectivity index (χ0v) is 75.0. The standard InChI is InChI=1S/C30H29N9O2S.C30H26N4O2.C12H13N7S.C12H14N4O2.C10H10N2O2.2ClH/c31-30-34-25(17-42-30)23(14-18-6-8-19(9-7-18)27-35-37-38-36-27)33-29(40)20-10-11-26-24(15-20)32-28(21-12-13-41-16-21)39(26)22-4-2-1-3-5-22;1-22(29(35)36)21-23-17-19-24(20-18-23)28-31-33-34(32-28)30(25-11-5-2-6-12-25,26-13-7-3-8-14-26)27-15-9-4-10-16-27;13-9(10-6-20-12(14)15-10)5-7-1-3-8(4-2-7)11-16-18-19-17-11;1-8(12(17)18-2)7-9-3-5-10(6-4-9)11-13-15-16-14-11;11-6-8-3-1-7(2-4-8)5-9(12)10(13)14;;/h6-13,15-17,22-23H,1-5,14H2,(H2,31,34)(H,33,40)(H,35,36,37,38);2-20,22H,21H2,1H3,(H,35,36);1-4,6,9H,5,13H2,(H2,14,15)(H,16,17,18,19);3-6,8H,7H2,1-2H3,(H,13,14,15,16);1-4,9H,5,12H2,(H,13,14);2*1H/t23-;22-;9-;8-;9-;;/m00000../s1. The van der Waals surface area contributed by atoms with E-state index < -0.39 is 29.4 Å². The minimum absolute atomic E-state index is 0. The topological polar surface area (TPSA) is 524 Å². The van der Waals surface area contributed by atoms with Crippen molar-refractivity contribution in [2.24, 2.45) is 17.6 Å². The van der Waals surface area contributed by atoms with Crippen LogP contribution in [0.1, 0.15) is 136 Å². The lowest BCUT2D eigenvalue weighted by Crippen LogP contribution is -3.00. The Bertz CT molecular complexity index is 6410. The summed E-state index contributed by atoms with van der Waals surface area (Å²) in [7, 11) is 1.40. The van der Waals surface area contributed by atoms with Crippen LogP contribution in [0.15, 0.2) is 264 Å². The molecule has 674 valence electrons. The number of halogens is 2. The fourth-order valence-corrected chi connectivity index (χ4v) is 16.4. The number of benzene rings is 9. The van der Waals surface area contributed by atoms with Crippen LogP contribution < -0.4 is 58.0 Å². The monoisotopic (exact) mass is 1850 g/mol. The molecule has 38 heteroatoms. The molecule has 132 heavy (non-hydrogen) atoms. The minimum Gasteiger partial charge on any atom is -1.00 e. The number of nitriles is 1. The van der Waals surface area contributed by atoms with Crippen molar-refractivity contribution in [2.75, 3.05) is 18.6 Å². The third-order valence-electron chi connectivity index (χ3n) is 22.0. The molecule has 1 amide bonds. The molecule has 0 saturated heterocycles. The number of carbonyl (C=O) groups excluding carboxylic acids is 2. The summed E-state index contributed by atoms with van der Waals surface area (Å²) in [6, 6.07) is 77.6. The number of nitrogens with zero attached hydrogens (tertiary/aromatic N) is 17. The SMILES string of the molecule is COC(=O)[C@@H](C)Cc1ccc(-c2nn[nH]n2)cc1.C[C@@H](Cc1ccc(-c2nnn(C(c3ccccc3)(c3ccccc3)c3ccccc3)n2)cc1)C(=O)O.N#Cc1ccc(C[C@H](N)C(=O)O)cc1.Nc1[nH+]c([C@@H]([NH3+])Cc2ccc(-c3nn[nH]n3)cc2)cs1.Nc1nc([C@H](Cc2ccc(-c3nn[nH]n3)cc2)NC(=O)c2ccc3c(c2)nc(-c2ccoc2)n3C2CCCCC2)cs1.[Cl-].[Cl-]. The van der Waals surface area contributed by atoms with Gasteiger partial charge in [-0.05, 0) is 140 Å². The Balaban J connectivity index is 0.000000157. The van der Waals surface area contributed by atoms with Crippen molar-refractivity contribution in [2.45, 2.75) is 108 Å². The second-order valence-electron chi connectivity index (χ2n) is 31.0. The number of fused-ring (bicyclic) bond motifs is 1. The van der Waals surface area contributed by atoms with Crippen LogP contribution in [-0.4, -0.2) is 144 Å². The molecule has 8 heterocycles. The van der Waals surface area contributed by atoms with Crippen LogP contribution in [0.25, 0.3) is 68.0 Å². The fourth-order valence-electron chi connectivity index (χ4n) is 15.1. The second kappa shape index (κ2) is 46.1. The molecule has 0 radical (unpaired) electrons. The number of nitrogen functional groups attached to an aromatic ring is 2. The molecule has 1 fully saturated rings. The number of aliphatic carboxylic acids is 2. The Kier molecular flexibility index (Phi) is 33.5. The van der Waals surface area contributed by atoms with E-state index in [0.717, 1.165) is 114 Å². The third kappa shape index (κ3) is 24.4. The summed E-state index contributed by atoms with van der Waals surface area (Å²) in [5.74, 6) is 0.246. The van der Waals surface area contributed by atoms with Gasteiger partial charge in [-0.2, -0.15) is 20.9 Å². The Labute approximate surface area is 778 Å². The number of carboxylic acid groups (broad SMARTS) is 2. The Morgan fingerprint density at radius 2 is 1.08 bits per heavy atom. The first-order chi connectivity index (χ1) is 63.3. The molecule has 0 unspecified atom stereocenters. The van der Waals surface area contributed by atoms with E-state index in [-0.39, 0.29) is 61.1 Å². The number of methoxy groups -OCH3 is 1. The van der Waals surface area contributed by atoms with Gasteiger partial charge in [0, 0.05) is 51.0 Å². The number of tetrazole rings is 4. The largest absolute Gasteiger partial charge is 1.00 e. The van der Waals surface area contributed by atoms with Crippen LogP contribution >= 0.6 is 22.7 Å². The molecule has 16 N–H and O–H groups in total. The Morgan fingerprint density at radius 1 is 0.591 bits per heavy atom. The summed E-state index contributed by atoms with van der Waals surface area (Å²) in [5, 5.41) is 90.2. The van der Waals surface area contributed by atoms with Crippen LogP contribution in [0, 0.1) is 23.2 Å². The second-order valence-corrected chi connectivity index (χ2v) is 32.8. The lowest BCUT2D eigenvalue weighted by molar-refractivity contribution is -0.476. The van der Waals surface area contributed by atoms with Crippen LogP contribution in [0.4, 0.5) is 10.3 Å². The van der Waals surface area contributed by atoms with Gasteiger partial charge >= 0.3 is 23.0 Å². The van der Waals surface area contributed by atoms with Crippen molar-refractivity contribution in [3.05, 3.63) is 327 Å². The number of quaternary nitrogens is 1. The molecular formula is C94H94Cl2N26O8S2. The molecule has 5 atom stereocenters. The van der Waals surface area contributed by atoms with E-state index in [4.69, 9.17) is 46.8 Å². The van der Waals surface area contributed by atoms with Crippen LogP contribution in [0.3, 0.4) is 0 Å². The number of H-pyrrole nitrogens is 4. The lowest BCUT2D eigenvalue weighted by Gasteiger charge is -2.34. The highest BCUT2D eigenvalue weighted by Crippen LogP contribution is 2.41. The molecule has 9 aromatic carbocycles. The number of carboxylic acids is 2. The number of anilines is 2. The van der Waals surface area contributed by atoms with Crippen LogP contribution in [0.5, 0.6) is 0 Å². The fraction of sp³-hybridized carbons (Fsp3) is 0.213. The zero-order valence-electron chi connectivity index (χ0n) is 71.8. The van der Waals surface area contributed by atoms with Crippen LogP contribution in [0.2, 0.25) is 0 Å². The van der Waals surface area contributed by atoms with Crippen molar-refractivity contribution in [1.82, 2.24) is 102 Å². The Morgan fingerprint density at radius 3 is 1.53 bits per heavy atom. The van der Waals surface area contributed by atoms with Gasteiger partial charge in [-0.25, -0.2) is 15.0 Å². The van der Waals surface area contributed by atoms with Crippen LogP contribution in [-0.2, 0) is 56.8 Å². The molecule has 8 aromatic heterocycles. The number of rotatable bonds is 27. The summed E-state index contributed by atoms with van der Waals surface area (Å²) in [6.07, 6.45) is 12.1. The first-order valence-electron chi connectivity index (χ1n) is 41.8.